The Balaban J connectivity index is 2.79. The summed E-state index contributed by atoms with van der Waals surface area (Å²) in [5, 5.41) is 19.1. The van der Waals surface area contributed by atoms with E-state index in [-0.39, 0.29) is 23.4 Å². The van der Waals surface area contributed by atoms with Crippen molar-refractivity contribution in [1.29, 1.82) is 0 Å². The molecule has 1 aromatic carbocycles. The summed E-state index contributed by atoms with van der Waals surface area (Å²) in [6.45, 7) is 2.18. The van der Waals surface area contributed by atoms with Crippen LogP contribution in [0.4, 0.5) is 0 Å². The number of hydrogen-bond acceptors (Lipinski definition) is 3. The number of carbonyl (C=O) groups is 2. The first-order valence-electron chi connectivity index (χ1n) is 6.73. The fraction of sp³-hybridized carbons (Fsp3) is 0.250. The summed E-state index contributed by atoms with van der Waals surface area (Å²) >= 11 is 0. The first-order chi connectivity index (χ1) is 10.5. The normalized spacial score (nSPS) is 10.6. The van der Waals surface area contributed by atoms with Crippen LogP contribution in [0.25, 0.3) is 11.1 Å². The fourth-order valence-corrected chi connectivity index (χ4v) is 2.57. The number of methoxy groups -OCH3 is 1. The third kappa shape index (κ3) is 2.73. The van der Waals surface area contributed by atoms with Gasteiger partial charge in [0.2, 0.25) is 0 Å². The molecule has 6 nitrogen and oxygen atoms in total. The van der Waals surface area contributed by atoms with Gasteiger partial charge in [0.15, 0.2) is 0 Å². The zero-order chi connectivity index (χ0) is 16.3. The lowest BCUT2D eigenvalue weighted by atomic mass is 10.0. The number of aromatic nitrogens is 1. The van der Waals surface area contributed by atoms with Crippen LogP contribution in [0.1, 0.15) is 26.5 Å². The molecule has 0 atom stereocenters. The minimum absolute atomic E-state index is 0.0136. The van der Waals surface area contributed by atoms with E-state index in [4.69, 9.17) is 4.74 Å². The maximum Gasteiger partial charge on any atom is 0.353 e. The van der Waals surface area contributed by atoms with Crippen LogP contribution in [0.2, 0.25) is 0 Å². The third-order valence-corrected chi connectivity index (χ3v) is 3.52. The topological polar surface area (TPSA) is 88.8 Å². The van der Waals surface area contributed by atoms with Gasteiger partial charge in [0.05, 0.1) is 12.2 Å². The molecule has 0 saturated carbocycles. The lowest BCUT2D eigenvalue weighted by molar-refractivity contribution is 0.0679. The van der Waals surface area contributed by atoms with Crippen molar-refractivity contribution in [1.82, 2.24) is 4.57 Å². The van der Waals surface area contributed by atoms with E-state index in [1.54, 1.807) is 37.3 Å². The lowest BCUT2D eigenvalue weighted by Gasteiger charge is -2.09. The SMILES string of the molecule is COCCn1c(C)c(C(=O)O)c(-c2ccccc2)c1C(=O)O. The monoisotopic (exact) mass is 303 g/mol. The highest BCUT2D eigenvalue weighted by atomic mass is 16.5. The quantitative estimate of drug-likeness (QED) is 0.856. The van der Waals surface area contributed by atoms with Gasteiger partial charge in [-0.25, -0.2) is 9.59 Å². The molecule has 2 N–H and O–H groups in total. The molecule has 0 unspecified atom stereocenters. The molecule has 1 aromatic heterocycles. The minimum atomic E-state index is -1.16. The van der Waals surface area contributed by atoms with E-state index in [2.05, 4.69) is 0 Å². The van der Waals surface area contributed by atoms with E-state index in [0.29, 0.717) is 17.9 Å². The fourth-order valence-electron chi connectivity index (χ4n) is 2.57. The summed E-state index contributed by atoms with van der Waals surface area (Å²) < 4.78 is 6.47. The van der Waals surface area contributed by atoms with E-state index < -0.39 is 11.9 Å². The molecular weight excluding hydrogens is 286 g/mol. The largest absolute Gasteiger partial charge is 0.478 e. The summed E-state index contributed by atoms with van der Waals surface area (Å²) in [4.78, 5) is 23.4. The van der Waals surface area contributed by atoms with Gasteiger partial charge in [-0.2, -0.15) is 0 Å². The summed E-state index contributed by atoms with van der Waals surface area (Å²) in [7, 11) is 1.51. The standard InChI is InChI=1S/C16H17NO5/c1-10-12(15(18)19)13(11-6-4-3-5-7-11)14(16(20)21)17(10)8-9-22-2/h3-7H,8-9H2,1-2H3,(H,18,19)(H,20,21). The van der Waals surface area contributed by atoms with Crippen LogP contribution in [0, 0.1) is 6.92 Å². The molecule has 0 radical (unpaired) electrons. The minimum Gasteiger partial charge on any atom is -0.478 e. The number of benzene rings is 1. The van der Waals surface area contributed by atoms with Crippen molar-refractivity contribution in [3.8, 4) is 11.1 Å². The molecular formula is C16H17NO5. The molecule has 1 heterocycles. The van der Waals surface area contributed by atoms with Gasteiger partial charge in [0.25, 0.3) is 0 Å². The molecule has 22 heavy (non-hydrogen) atoms. The predicted octanol–water partition coefficient (Wildman–Crippen LogP) is 2.51. The maximum atomic E-state index is 11.7. The highest BCUT2D eigenvalue weighted by Crippen LogP contribution is 2.33. The Kier molecular flexibility index (Phi) is 4.62. The van der Waals surface area contributed by atoms with E-state index in [9.17, 15) is 19.8 Å². The van der Waals surface area contributed by atoms with Gasteiger partial charge in [-0.05, 0) is 12.5 Å². The second-order valence-electron chi connectivity index (χ2n) is 4.80. The number of nitrogens with zero attached hydrogens (tertiary/aromatic N) is 1. The summed E-state index contributed by atoms with van der Waals surface area (Å²) in [6, 6.07) is 8.69. The van der Waals surface area contributed by atoms with Crippen LogP contribution in [-0.4, -0.2) is 40.4 Å². The molecule has 116 valence electrons. The summed E-state index contributed by atoms with van der Waals surface area (Å²) in [5.74, 6) is -2.31. The van der Waals surface area contributed by atoms with Crippen molar-refractivity contribution in [2.45, 2.75) is 13.5 Å². The molecule has 0 fully saturated rings. The van der Waals surface area contributed by atoms with Gasteiger partial charge in [-0.15, -0.1) is 0 Å². The van der Waals surface area contributed by atoms with E-state index in [1.807, 2.05) is 0 Å². The molecule has 0 aliphatic rings. The van der Waals surface area contributed by atoms with Crippen molar-refractivity contribution in [3.63, 3.8) is 0 Å². The molecule has 2 rings (SSSR count). The van der Waals surface area contributed by atoms with E-state index in [0.717, 1.165) is 0 Å². The van der Waals surface area contributed by atoms with Crippen LogP contribution in [0.5, 0.6) is 0 Å². The number of carboxylic acid groups (broad SMARTS) is 2. The number of ether oxygens (including phenoxy) is 1. The molecule has 0 aliphatic carbocycles. The van der Waals surface area contributed by atoms with Crippen LogP contribution in [-0.2, 0) is 11.3 Å². The number of hydrogen-bond donors (Lipinski definition) is 2. The van der Waals surface area contributed by atoms with E-state index in [1.165, 1.54) is 11.7 Å². The van der Waals surface area contributed by atoms with Gasteiger partial charge in [-0.1, -0.05) is 30.3 Å². The molecule has 0 aliphatic heterocycles. The Morgan fingerprint density at radius 1 is 1.14 bits per heavy atom. The second-order valence-corrected chi connectivity index (χ2v) is 4.80. The Bertz CT molecular complexity index is 703. The number of carboxylic acids is 2. The van der Waals surface area contributed by atoms with Crippen LogP contribution >= 0.6 is 0 Å². The molecule has 0 saturated heterocycles. The van der Waals surface area contributed by atoms with Gasteiger partial charge >= 0.3 is 11.9 Å². The first-order valence-corrected chi connectivity index (χ1v) is 6.73. The van der Waals surface area contributed by atoms with E-state index >= 15 is 0 Å². The maximum absolute atomic E-state index is 11.7. The Morgan fingerprint density at radius 2 is 1.77 bits per heavy atom. The summed E-state index contributed by atoms with van der Waals surface area (Å²) in [6.07, 6.45) is 0. The van der Waals surface area contributed by atoms with Gasteiger partial charge in [0, 0.05) is 24.9 Å². The van der Waals surface area contributed by atoms with Crippen molar-refractivity contribution in [2.24, 2.45) is 0 Å². The van der Waals surface area contributed by atoms with Gasteiger partial charge in [-0.3, -0.25) is 0 Å². The average molecular weight is 303 g/mol. The van der Waals surface area contributed by atoms with Crippen LogP contribution < -0.4 is 0 Å². The molecule has 2 aromatic rings. The zero-order valence-corrected chi connectivity index (χ0v) is 12.4. The average Bonchev–Trinajstić information content (AvgIpc) is 2.79. The van der Waals surface area contributed by atoms with Gasteiger partial charge < -0.3 is 19.5 Å². The summed E-state index contributed by atoms with van der Waals surface area (Å²) in [5.41, 5.74) is 1.18. The highest BCUT2D eigenvalue weighted by Gasteiger charge is 2.29. The smallest absolute Gasteiger partial charge is 0.353 e. The van der Waals surface area contributed by atoms with Crippen LogP contribution in [0.3, 0.4) is 0 Å². The molecule has 0 amide bonds. The number of aromatic carboxylic acids is 2. The van der Waals surface area contributed by atoms with Crippen molar-refractivity contribution in [2.75, 3.05) is 13.7 Å². The Labute approximate surface area is 127 Å². The first kappa shape index (κ1) is 15.8. The third-order valence-electron chi connectivity index (χ3n) is 3.52. The highest BCUT2D eigenvalue weighted by molar-refractivity contribution is 6.05. The molecule has 0 spiro atoms. The Hall–Kier alpha value is -2.60. The number of rotatable bonds is 6. The van der Waals surface area contributed by atoms with Crippen molar-refractivity contribution < 1.29 is 24.5 Å². The van der Waals surface area contributed by atoms with Crippen molar-refractivity contribution >= 4 is 11.9 Å². The van der Waals surface area contributed by atoms with Crippen LogP contribution in [0.15, 0.2) is 30.3 Å². The second kappa shape index (κ2) is 6.44. The zero-order valence-electron chi connectivity index (χ0n) is 12.4. The molecule has 0 bridgehead atoms. The lowest BCUT2D eigenvalue weighted by Crippen LogP contribution is -2.13. The van der Waals surface area contributed by atoms with Gasteiger partial charge in [0.1, 0.15) is 5.69 Å². The predicted molar refractivity (Wildman–Crippen MR) is 80.4 cm³/mol. The van der Waals surface area contributed by atoms with Crippen molar-refractivity contribution in [3.05, 3.63) is 47.3 Å². The Morgan fingerprint density at radius 3 is 2.27 bits per heavy atom. The molecule has 6 heteroatoms.